The standard InChI is InChI=1S/C25H28N2O/c1-23(2)21-14-15-24(23,3)22-20(21)16-27(26-22)17-25(28,18-10-6-4-7-11-18)19-12-8-5-9-13-19/h4-13,16,21,28H,14-15,17H2,1-3H3/t21-,24+/m1/s1. The predicted octanol–water partition coefficient (Wildman–Crippen LogP) is 4.99. The van der Waals surface area contributed by atoms with Crippen LogP contribution in [0, 0.1) is 5.41 Å². The van der Waals surface area contributed by atoms with E-state index in [2.05, 4.69) is 27.0 Å². The zero-order valence-corrected chi connectivity index (χ0v) is 16.9. The highest BCUT2D eigenvalue weighted by molar-refractivity contribution is 5.44. The largest absolute Gasteiger partial charge is 0.378 e. The zero-order valence-electron chi connectivity index (χ0n) is 16.9. The number of benzene rings is 2. The average Bonchev–Trinajstić information content (AvgIpc) is 3.27. The van der Waals surface area contributed by atoms with E-state index in [0.717, 1.165) is 11.1 Å². The van der Waals surface area contributed by atoms with Gasteiger partial charge in [-0.15, -0.1) is 0 Å². The molecule has 0 saturated heterocycles. The third kappa shape index (κ3) is 2.23. The van der Waals surface area contributed by atoms with Crippen LogP contribution in [0.3, 0.4) is 0 Å². The smallest absolute Gasteiger partial charge is 0.134 e. The van der Waals surface area contributed by atoms with Gasteiger partial charge in [0.2, 0.25) is 0 Å². The summed E-state index contributed by atoms with van der Waals surface area (Å²) in [5.74, 6) is 0.572. The molecule has 2 atom stereocenters. The van der Waals surface area contributed by atoms with Gasteiger partial charge in [0.1, 0.15) is 5.60 Å². The molecule has 1 heterocycles. The van der Waals surface area contributed by atoms with Crippen molar-refractivity contribution in [2.45, 2.75) is 57.1 Å². The molecule has 2 aliphatic carbocycles. The third-order valence-electron chi connectivity index (χ3n) is 7.81. The first kappa shape index (κ1) is 17.7. The van der Waals surface area contributed by atoms with Crippen molar-refractivity contribution in [2.24, 2.45) is 5.41 Å². The Bertz CT molecular complexity index is 966. The van der Waals surface area contributed by atoms with Gasteiger partial charge in [-0.1, -0.05) is 81.4 Å². The number of fused-ring (bicyclic) bond motifs is 5. The molecule has 0 aliphatic heterocycles. The van der Waals surface area contributed by atoms with Crippen molar-refractivity contribution < 1.29 is 5.11 Å². The maximum absolute atomic E-state index is 11.9. The molecule has 28 heavy (non-hydrogen) atoms. The molecule has 1 fully saturated rings. The van der Waals surface area contributed by atoms with Crippen LogP contribution in [0.5, 0.6) is 0 Å². The quantitative estimate of drug-likeness (QED) is 0.700. The molecule has 1 N–H and O–H groups in total. The highest BCUT2D eigenvalue weighted by Gasteiger charge is 2.61. The van der Waals surface area contributed by atoms with E-state index in [-0.39, 0.29) is 10.8 Å². The summed E-state index contributed by atoms with van der Waals surface area (Å²) in [6, 6.07) is 19.9. The molecule has 2 bridgehead atoms. The molecule has 3 aromatic rings. The van der Waals surface area contributed by atoms with Crippen LogP contribution in [-0.4, -0.2) is 14.9 Å². The molecule has 3 heteroatoms. The molecule has 2 aliphatic rings. The Hall–Kier alpha value is -2.39. The van der Waals surface area contributed by atoms with Gasteiger partial charge in [0.05, 0.1) is 12.2 Å². The summed E-state index contributed by atoms with van der Waals surface area (Å²) in [5.41, 5.74) is 3.71. The Kier molecular flexibility index (Phi) is 3.67. The second-order valence-corrected chi connectivity index (χ2v) is 9.37. The first-order valence-electron chi connectivity index (χ1n) is 10.3. The molecule has 0 spiro atoms. The Morgan fingerprint density at radius 3 is 2.11 bits per heavy atom. The molecular weight excluding hydrogens is 344 g/mol. The lowest BCUT2D eigenvalue weighted by atomic mass is 9.70. The number of hydrogen-bond donors (Lipinski definition) is 1. The summed E-state index contributed by atoms with van der Waals surface area (Å²) in [6.45, 7) is 7.57. The summed E-state index contributed by atoms with van der Waals surface area (Å²) in [4.78, 5) is 0. The molecule has 2 aromatic carbocycles. The van der Waals surface area contributed by atoms with Crippen LogP contribution in [0.2, 0.25) is 0 Å². The Morgan fingerprint density at radius 1 is 1.00 bits per heavy atom. The molecule has 0 unspecified atom stereocenters. The first-order valence-corrected chi connectivity index (χ1v) is 10.3. The van der Waals surface area contributed by atoms with E-state index in [4.69, 9.17) is 5.10 Å². The van der Waals surface area contributed by atoms with Crippen molar-refractivity contribution in [1.29, 1.82) is 0 Å². The Labute approximate surface area is 167 Å². The second kappa shape index (κ2) is 5.81. The molecule has 1 aromatic heterocycles. The summed E-state index contributed by atoms with van der Waals surface area (Å²) >= 11 is 0. The fraction of sp³-hybridized carbons (Fsp3) is 0.400. The number of nitrogens with zero attached hydrogens (tertiary/aromatic N) is 2. The fourth-order valence-corrected chi connectivity index (χ4v) is 5.68. The Morgan fingerprint density at radius 2 is 1.57 bits per heavy atom. The topological polar surface area (TPSA) is 38.0 Å². The minimum atomic E-state index is -1.11. The molecule has 144 valence electrons. The number of hydrogen-bond acceptors (Lipinski definition) is 2. The number of rotatable bonds is 4. The van der Waals surface area contributed by atoms with E-state index >= 15 is 0 Å². The lowest BCUT2D eigenvalue weighted by Crippen LogP contribution is -2.35. The van der Waals surface area contributed by atoms with Crippen molar-refractivity contribution in [2.75, 3.05) is 0 Å². The molecule has 1 saturated carbocycles. The second-order valence-electron chi connectivity index (χ2n) is 9.37. The zero-order chi connectivity index (χ0) is 19.6. The molecule has 0 amide bonds. The van der Waals surface area contributed by atoms with Crippen molar-refractivity contribution in [3.8, 4) is 0 Å². The fourth-order valence-electron chi connectivity index (χ4n) is 5.68. The molecular formula is C25H28N2O. The van der Waals surface area contributed by atoms with Crippen LogP contribution in [0.25, 0.3) is 0 Å². The van der Waals surface area contributed by atoms with Gasteiger partial charge in [0, 0.05) is 11.6 Å². The van der Waals surface area contributed by atoms with E-state index in [0.29, 0.717) is 12.5 Å². The summed E-state index contributed by atoms with van der Waals surface area (Å²) in [7, 11) is 0. The van der Waals surface area contributed by atoms with Gasteiger partial charge in [-0.25, -0.2) is 0 Å². The minimum absolute atomic E-state index is 0.135. The maximum Gasteiger partial charge on any atom is 0.134 e. The van der Waals surface area contributed by atoms with E-state index < -0.39 is 5.60 Å². The normalized spacial score (nSPS) is 25.1. The minimum Gasteiger partial charge on any atom is -0.378 e. The van der Waals surface area contributed by atoms with Gasteiger partial charge >= 0.3 is 0 Å². The molecule has 5 rings (SSSR count). The lowest BCUT2D eigenvalue weighted by Gasteiger charge is -2.34. The summed E-state index contributed by atoms with van der Waals surface area (Å²) in [6.07, 6.45) is 4.64. The van der Waals surface area contributed by atoms with Crippen LogP contribution < -0.4 is 0 Å². The summed E-state index contributed by atoms with van der Waals surface area (Å²) < 4.78 is 1.98. The van der Waals surface area contributed by atoms with E-state index in [1.54, 1.807) is 0 Å². The summed E-state index contributed by atoms with van der Waals surface area (Å²) in [5, 5.41) is 16.9. The number of aliphatic hydroxyl groups is 1. The Balaban J connectivity index is 1.57. The SMILES string of the molecule is CC1(C)[C@@H]2CC[C@@]1(C)c1nn(CC(O)(c3ccccc3)c3ccccc3)cc12. The van der Waals surface area contributed by atoms with Crippen LogP contribution in [0.1, 0.15) is 61.9 Å². The maximum atomic E-state index is 11.9. The third-order valence-corrected chi connectivity index (χ3v) is 7.81. The van der Waals surface area contributed by atoms with Crippen LogP contribution in [0.15, 0.2) is 66.9 Å². The van der Waals surface area contributed by atoms with Crippen molar-refractivity contribution in [3.63, 3.8) is 0 Å². The van der Waals surface area contributed by atoms with Crippen LogP contribution >= 0.6 is 0 Å². The van der Waals surface area contributed by atoms with Crippen molar-refractivity contribution >= 4 is 0 Å². The molecule has 3 nitrogen and oxygen atoms in total. The van der Waals surface area contributed by atoms with Crippen LogP contribution in [0.4, 0.5) is 0 Å². The lowest BCUT2D eigenvalue weighted by molar-refractivity contribution is 0.0566. The highest BCUT2D eigenvalue weighted by Crippen LogP contribution is 2.67. The van der Waals surface area contributed by atoms with Gasteiger partial charge in [-0.05, 0) is 40.9 Å². The average molecular weight is 373 g/mol. The monoisotopic (exact) mass is 372 g/mol. The van der Waals surface area contributed by atoms with E-state index in [9.17, 15) is 5.11 Å². The van der Waals surface area contributed by atoms with Crippen molar-refractivity contribution in [1.82, 2.24) is 9.78 Å². The highest BCUT2D eigenvalue weighted by atomic mass is 16.3. The van der Waals surface area contributed by atoms with Gasteiger partial charge < -0.3 is 5.11 Å². The predicted molar refractivity (Wildman–Crippen MR) is 111 cm³/mol. The van der Waals surface area contributed by atoms with Gasteiger partial charge in [0.25, 0.3) is 0 Å². The van der Waals surface area contributed by atoms with Crippen molar-refractivity contribution in [3.05, 3.63) is 89.2 Å². The van der Waals surface area contributed by atoms with Crippen LogP contribution in [-0.2, 0) is 17.6 Å². The molecule has 0 radical (unpaired) electrons. The number of aromatic nitrogens is 2. The van der Waals surface area contributed by atoms with Gasteiger partial charge in [0.15, 0.2) is 0 Å². The van der Waals surface area contributed by atoms with Gasteiger partial charge in [-0.3, -0.25) is 4.68 Å². The van der Waals surface area contributed by atoms with E-state index in [1.165, 1.54) is 24.1 Å². The van der Waals surface area contributed by atoms with E-state index in [1.807, 2.05) is 65.3 Å². The van der Waals surface area contributed by atoms with Gasteiger partial charge in [-0.2, -0.15) is 5.10 Å². The first-order chi connectivity index (χ1) is 13.4.